The van der Waals surface area contributed by atoms with Crippen LogP contribution in [0.1, 0.15) is 26.2 Å². The first-order valence-electron chi connectivity index (χ1n) is 5.81. The molecule has 1 fully saturated rings. The predicted octanol–water partition coefficient (Wildman–Crippen LogP) is 3.01. The standard InChI is InChI=1S/C12H27NP/c1-10(13(2)3)11-8-7-9-12(11)14(4,5)6/h10-12H,7-9H2,1-6H3/q+1/t10-,11?,12?/m1/s1. The van der Waals surface area contributed by atoms with Gasteiger partial charge in [0.15, 0.2) is 0 Å². The Labute approximate surface area is 90.6 Å². The third kappa shape index (κ3) is 2.70. The molecule has 0 saturated heterocycles. The van der Waals surface area contributed by atoms with Gasteiger partial charge in [-0.3, -0.25) is 0 Å². The number of hydrogen-bond donors (Lipinski definition) is 0. The molecule has 0 aromatic heterocycles. The van der Waals surface area contributed by atoms with Crippen molar-refractivity contribution in [3.63, 3.8) is 0 Å². The average Bonchev–Trinajstić information content (AvgIpc) is 2.48. The SMILES string of the molecule is C[C@H](C1CCCC1[P+](C)(C)C)N(C)C. The molecule has 1 nitrogen and oxygen atoms in total. The second-order valence-electron chi connectivity index (χ2n) is 5.98. The molecule has 1 saturated carbocycles. The van der Waals surface area contributed by atoms with E-state index < -0.39 is 7.26 Å². The number of rotatable bonds is 3. The summed E-state index contributed by atoms with van der Waals surface area (Å²) < 4.78 is 0. The van der Waals surface area contributed by atoms with Gasteiger partial charge in [-0.05, 0) is 40.3 Å². The van der Waals surface area contributed by atoms with Crippen molar-refractivity contribution in [3.05, 3.63) is 0 Å². The average molecular weight is 216 g/mol. The molecule has 0 aromatic rings. The van der Waals surface area contributed by atoms with E-state index >= 15 is 0 Å². The number of nitrogens with zero attached hydrogens (tertiary/aromatic N) is 1. The highest BCUT2D eigenvalue weighted by Gasteiger charge is 2.43. The molecular weight excluding hydrogens is 189 g/mol. The predicted molar refractivity (Wildman–Crippen MR) is 69.0 cm³/mol. The van der Waals surface area contributed by atoms with Gasteiger partial charge in [0.05, 0.1) is 5.66 Å². The molecule has 0 aliphatic heterocycles. The molecule has 1 rings (SSSR count). The summed E-state index contributed by atoms with van der Waals surface area (Å²) >= 11 is 0. The minimum atomic E-state index is -0.640. The lowest BCUT2D eigenvalue weighted by Crippen LogP contribution is -2.37. The Morgan fingerprint density at radius 3 is 2.14 bits per heavy atom. The largest absolute Gasteiger partial charge is 0.306 e. The zero-order valence-electron chi connectivity index (χ0n) is 10.7. The first kappa shape index (κ1) is 12.5. The van der Waals surface area contributed by atoms with Crippen LogP contribution in [0, 0.1) is 5.92 Å². The van der Waals surface area contributed by atoms with Crippen molar-refractivity contribution in [1.29, 1.82) is 0 Å². The molecule has 1 aliphatic rings. The summed E-state index contributed by atoms with van der Waals surface area (Å²) in [6, 6.07) is 0.765. The van der Waals surface area contributed by atoms with Crippen molar-refractivity contribution in [2.24, 2.45) is 5.92 Å². The maximum absolute atomic E-state index is 2.51. The summed E-state index contributed by atoms with van der Waals surface area (Å²) in [6.07, 6.45) is 4.41. The van der Waals surface area contributed by atoms with Crippen molar-refractivity contribution in [2.45, 2.75) is 37.9 Å². The van der Waals surface area contributed by atoms with Gasteiger partial charge in [-0.15, -0.1) is 0 Å². The monoisotopic (exact) mass is 216 g/mol. The van der Waals surface area contributed by atoms with Crippen molar-refractivity contribution in [3.8, 4) is 0 Å². The van der Waals surface area contributed by atoms with Gasteiger partial charge in [-0.1, -0.05) is 0 Å². The highest BCUT2D eigenvalue weighted by atomic mass is 31.2. The van der Waals surface area contributed by atoms with Crippen LogP contribution in [-0.2, 0) is 0 Å². The Morgan fingerprint density at radius 1 is 1.14 bits per heavy atom. The van der Waals surface area contributed by atoms with Gasteiger partial charge in [0, 0.05) is 39.2 Å². The van der Waals surface area contributed by atoms with Crippen LogP contribution in [0.2, 0.25) is 0 Å². The van der Waals surface area contributed by atoms with Crippen LogP contribution >= 0.6 is 7.26 Å². The van der Waals surface area contributed by atoms with Crippen LogP contribution in [0.25, 0.3) is 0 Å². The van der Waals surface area contributed by atoms with Crippen molar-refractivity contribution in [1.82, 2.24) is 4.90 Å². The Balaban J connectivity index is 2.69. The quantitative estimate of drug-likeness (QED) is 0.655. The molecule has 0 radical (unpaired) electrons. The second-order valence-corrected chi connectivity index (χ2v) is 10.9. The topological polar surface area (TPSA) is 3.24 Å². The molecular formula is C12H27NP+. The molecule has 84 valence electrons. The van der Waals surface area contributed by atoms with Gasteiger partial charge in [0.1, 0.15) is 0 Å². The summed E-state index contributed by atoms with van der Waals surface area (Å²) in [6.45, 7) is 9.94. The minimum absolute atomic E-state index is 0.640. The van der Waals surface area contributed by atoms with Gasteiger partial charge in [-0.25, -0.2) is 0 Å². The summed E-state index contributed by atoms with van der Waals surface area (Å²) in [5.74, 6) is 0.957. The van der Waals surface area contributed by atoms with Crippen LogP contribution in [0.3, 0.4) is 0 Å². The Hall–Kier alpha value is 0.390. The van der Waals surface area contributed by atoms with Crippen LogP contribution in [0.4, 0.5) is 0 Å². The lowest BCUT2D eigenvalue weighted by atomic mass is 9.98. The molecule has 0 heterocycles. The van der Waals surface area contributed by atoms with Gasteiger partial charge >= 0.3 is 0 Å². The van der Waals surface area contributed by atoms with Crippen molar-refractivity contribution in [2.75, 3.05) is 34.1 Å². The van der Waals surface area contributed by atoms with Gasteiger partial charge in [0.2, 0.25) is 0 Å². The van der Waals surface area contributed by atoms with Crippen LogP contribution in [0.15, 0.2) is 0 Å². The second kappa shape index (κ2) is 4.49. The fourth-order valence-electron chi connectivity index (χ4n) is 2.88. The van der Waals surface area contributed by atoms with Crippen molar-refractivity contribution < 1.29 is 0 Å². The summed E-state index contributed by atoms with van der Waals surface area (Å²) in [5.41, 5.74) is 1.03. The molecule has 2 heteroatoms. The van der Waals surface area contributed by atoms with Crippen LogP contribution < -0.4 is 0 Å². The maximum atomic E-state index is 2.51. The fraction of sp³-hybridized carbons (Fsp3) is 1.00. The Bertz CT molecular complexity index is 183. The van der Waals surface area contributed by atoms with Crippen LogP contribution in [0.5, 0.6) is 0 Å². The van der Waals surface area contributed by atoms with Crippen molar-refractivity contribution >= 4 is 7.26 Å². The molecule has 0 amide bonds. The van der Waals surface area contributed by atoms with E-state index in [4.69, 9.17) is 0 Å². The Morgan fingerprint density at radius 2 is 1.71 bits per heavy atom. The van der Waals surface area contributed by atoms with E-state index in [1.54, 1.807) is 0 Å². The van der Waals surface area contributed by atoms with E-state index in [-0.39, 0.29) is 0 Å². The molecule has 0 spiro atoms. The molecule has 14 heavy (non-hydrogen) atoms. The summed E-state index contributed by atoms with van der Waals surface area (Å²) in [4.78, 5) is 2.40. The smallest absolute Gasteiger partial charge is 0.0732 e. The van der Waals surface area contributed by atoms with Gasteiger partial charge in [-0.2, -0.15) is 0 Å². The zero-order valence-corrected chi connectivity index (χ0v) is 11.6. The molecule has 1 aliphatic carbocycles. The molecule has 3 atom stereocenters. The first-order valence-corrected chi connectivity index (χ1v) is 9.01. The van der Waals surface area contributed by atoms with E-state index in [1.807, 2.05) is 0 Å². The van der Waals surface area contributed by atoms with E-state index in [1.165, 1.54) is 19.3 Å². The van der Waals surface area contributed by atoms with Gasteiger partial charge in [0.25, 0.3) is 0 Å². The highest BCUT2D eigenvalue weighted by molar-refractivity contribution is 7.74. The Kier molecular flexibility index (Phi) is 4.00. The van der Waals surface area contributed by atoms with E-state index in [2.05, 4.69) is 45.9 Å². The maximum Gasteiger partial charge on any atom is 0.0732 e. The third-order valence-electron chi connectivity index (χ3n) is 3.96. The summed E-state index contributed by atoms with van der Waals surface area (Å²) in [7, 11) is 3.81. The van der Waals surface area contributed by atoms with Crippen LogP contribution in [-0.4, -0.2) is 50.7 Å². The fourth-order valence-corrected chi connectivity index (χ4v) is 5.38. The highest BCUT2D eigenvalue weighted by Crippen LogP contribution is 2.60. The zero-order chi connectivity index (χ0) is 10.9. The molecule has 2 unspecified atom stereocenters. The molecule has 0 bridgehead atoms. The molecule has 0 N–H and O–H groups in total. The lowest BCUT2D eigenvalue weighted by molar-refractivity contribution is 0.231. The van der Waals surface area contributed by atoms with Gasteiger partial charge < -0.3 is 4.90 Å². The molecule has 0 aromatic carbocycles. The lowest BCUT2D eigenvalue weighted by Gasteiger charge is -2.33. The number of hydrogen-bond acceptors (Lipinski definition) is 1. The van der Waals surface area contributed by atoms with E-state index in [9.17, 15) is 0 Å². The normalized spacial score (nSPS) is 31.1. The van der Waals surface area contributed by atoms with E-state index in [0.717, 1.165) is 17.6 Å². The van der Waals surface area contributed by atoms with E-state index in [0.29, 0.717) is 0 Å². The third-order valence-corrected chi connectivity index (χ3v) is 6.59. The first-order chi connectivity index (χ1) is 6.34. The summed E-state index contributed by atoms with van der Waals surface area (Å²) in [5, 5.41) is 0. The minimum Gasteiger partial charge on any atom is -0.306 e.